The first-order valence-corrected chi connectivity index (χ1v) is 16.0. The van der Waals surface area contributed by atoms with Gasteiger partial charge in [0.15, 0.2) is 0 Å². The Hall–Kier alpha value is -5.92. The van der Waals surface area contributed by atoms with E-state index in [9.17, 15) is 0 Å². The first-order chi connectivity index (χ1) is 22.9. The molecule has 0 radical (unpaired) electrons. The van der Waals surface area contributed by atoms with E-state index >= 15 is 0 Å². The van der Waals surface area contributed by atoms with Gasteiger partial charge < -0.3 is 4.57 Å². The lowest BCUT2D eigenvalue weighted by Gasteiger charge is -2.18. The maximum atomic E-state index is 2.43. The fraction of sp³-hybridized carbons (Fsp3) is 0.0222. The standard InChI is InChI=1S/C45H31N/c1-2-17-33(18-3-1)44-39-24-8-7-21-35(39)36(40-30-29-31-15-4-6-20-34(31)45(40)44)25-14-19-32-16-5-11-26-41(32)46-42-27-12-9-22-37(42)38-23-10-13-28-43(38)46/h1-18,20-30H,19H2/b25-14+. The van der Waals surface area contributed by atoms with E-state index < -0.39 is 0 Å². The highest BCUT2D eigenvalue weighted by atomic mass is 15.0. The molecule has 216 valence electrons. The third-order valence-corrected chi connectivity index (χ3v) is 9.45. The Labute approximate surface area is 268 Å². The lowest BCUT2D eigenvalue weighted by atomic mass is 9.86. The predicted molar refractivity (Wildman–Crippen MR) is 198 cm³/mol. The van der Waals surface area contributed by atoms with Gasteiger partial charge in [0, 0.05) is 16.5 Å². The molecule has 0 aliphatic heterocycles. The van der Waals surface area contributed by atoms with Crippen molar-refractivity contribution in [3.63, 3.8) is 0 Å². The molecule has 1 nitrogen and oxygen atoms in total. The molecule has 0 N–H and O–H groups in total. The minimum absolute atomic E-state index is 0.820. The molecule has 9 rings (SSSR count). The number of nitrogens with zero attached hydrogens (tertiary/aromatic N) is 1. The molecule has 0 fully saturated rings. The number of hydrogen-bond acceptors (Lipinski definition) is 0. The van der Waals surface area contributed by atoms with Crippen LogP contribution in [0.25, 0.3) is 77.0 Å². The van der Waals surface area contributed by atoms with Gasteiger partial charge in [0.05, 0.1) is 11.0 Å². The van der Waals surface area contributed by atoms with Crippen LogP contribution in [0.3, 0.4) is 0 Å². The van der Waals surface area contributed by atoms with E-state index in [0.717, 1.165) is 6.42 Å². The maximum absolute atomic E-state index is 2.43. The van der Waals surface area contributed by atoms with Crippen LogP contribution in [-0.4, -0.2) is 4.57 Å². The van der Waals surface area contributed by atoms with Gasteiger partial charge in [-0.2, -0.15) is 0 Å². The summed E-state index contributed by atoms with van der Waals surface area (Å²) in [5.74, 6) is 0. The highest BCUT2D eigenvalue weighted by Gasteiger charge is 2.17. The summed E-state index contributed by atoms with van der Waals surface area (Å²) in [4.78, 5) is 0. The molecule has 0 unspecified atom stereocenters. The Bertz CT molecular complexity index is 2550. The average molecular weight is 586 g/mol. The number of fused-ring (bicyclic) bond motifs is 7. The van der Waals surface area contributed by atoms with Crippen molar-refractivity contribution < 1.29 is 0 Å². The molecule has 0 saturated heterocycles. The molecule has 1 heteroatoms. The van der Waals surface area contributed by atoms with Crippen molar-refractivity contribution in [3.8, 4) is 16.8 Å². The number of allylic oxidation sites excluding steroid dienone is 1. The number of hydrogen-bond donors (Lipinski definition) is 0. The van der Waals surface area contributed by atoms with E-state index in [1.165, 1.54) is 82.1 Å². The van der Waals surface area contributed by atoms with Crippen LogP contribution in [0.4, 0.5) is 0 Å². The Morgan fingerprint density at radius 1 is 0.435 bits per heavy atom. The van der Waals surface area contributed by atoms with E-state index in [1.54, 1.807) is 0 Å². The third-order valence-electron chi connectivity index (χ3n) is 9.45. The Morgan fingerprint density at radius 3 is 1.78 bits per heavy atom. The third kappa shape index (κ3) is 4.17. The van der Waals surface area contributed by atoms with E-state index in [-0.39, 0.29) is 0 Å². The lowest BCUT2D eigenvalue weighted by molar-refractivity contribution is 1.12. The molecule has 0 aliphatic rings. The topological polar surface area (TPSA) is 4.93 Å². The summed E-state index contributed by atoms with van der Waals surface area (Å²) >= 11 is 0. The summed E-state index contributed by atoms with van der Waals surface area (Å²) in [7, 11) is 0. The van der Waals surface area contributed by atoms with Crippen LogP contribution in [0.2, 0.25) is 0 Å². The quantitative estimate of drug-likeness (QED) is 0.140. The zero-order valence-corrected chi connectivity index (χ0v) is 25.4. The summed E-state index contributed by atoms with van der Waals surface area (Å²) in [5.41, 5.74) is 8.81. The number of para-hydroxylation sites is 3. The maximum Gasteiger partial charge on any atom is 0.0541 e. The number of aromatic nitrogens is 1. The molecule has 1 aromatic heterocycles. The Balaban J connectivity index is 1.24. The van der Waals surface area contributed by atoms with Crippen LogP contribution in [-0.2, 0) is 6.42 Å². The Kier molecular flexibility index (Phi) is 6.28. The number of rotatable bonds is 5. The van der Waals surface area contributed by atoms with Crippen molar-refractivity contribution in [2.45, 2.75) is 6.42 Å². The van der Waals surface area contributed by atoms with Crippen molar-refractivity contribution in [2.75, 3.05) is 0 Å². The molecule has 8 aromatic carbocycles. The van der Waals surface area contributed by atoms with Crippen LogP contribution in [0.15, 0.2) is 170 Å². The molecule has 0 aliphatic carbocycles. The summed E-state index contributed by atoms with van der Waals surface area (Å²) in [6.07, 6.45) is 5.53. The minimum Gasteiger partial charge on any atom is -0.309 e. The first-order valence-electron chi connectivity index (χ1n) is 16.0. The van der Waals surface area contributed by atoms with Gasteiger partial charge in [-0.25, -0.2) is 0 Å². The summed E-state index contributed by atoms with van der Waals surface area (Å²) in [6, 6.07) is 59.5. The van der Waals surface area contributed by atoms with Gasteiger partial charge in [-0.1, -0.05) is 158 Å². The zero-order valence-electron chi connectivity index (χ0n) is 25.4. The second-order valence-corrected chi connectivity index (χ2v) is 12.0. The largest absolute Gasteiger partial charge is 0.309 e. The molecule has 0 atom stereocenters. The van der Waals surface area contributed by atoms with Gasteiger partial charge >= 0.3 is 0 Å². The minimum atomic E-state index is 0.820. The van der Waals surface area contributed by atoms with Gasteiger partial charge in [0.1, 0.15) is 0 Å². The normalized spacial score (nSPS) is 11.9. The highest BCUT2D eigenvalue weighted by molar-refractivity contribution is 6.25. The zero-order chi connectivity index (χ0) is 30.5. The van der Waals surface area contributed by atoms with Crippen molar-refractivity contribution in [3.05, 3.63) is 181 Å². The second kappa shape index (κ2) is 10.9. The van der Waals surface area contributed by atoms with Crippen LogP contribution >= 0.6 is 0 Å². The fourth-order valence-electron chi connectivity index (χ4n) is 7.45. The van der Waals surface area contributed by atoms with E-state index in [1.807, 2.05) is 0 Å². The van der Waals surface area contributed by atoms with Gasteiger partial charge in [0.2, 0.25) is 0 Å². The Morgan fingerprint density at radius 2 is 1.02 bits per heavy atom. The molecule has 9 aromatic rings. The van der Waals surface area contributed by atoms with E-state index in [0.29, 0.717) is 0 Å². The van der Waals surface area contributed by atoms with Crippen LogP contribution in [0.5, 0.6) is 0 Å². The number of benzene rings is 8. The summed E-state index contributed by atoms with van der Waals surface area (Å²) in [5, 5.41) is 10.3. The van der Waals surface area contributed by atoms with Gasteiger partial charge in [-0.05, 0) is 79.2 Å². The SMILES string of the molecule is C(=C\c1c2ccccc2c(-c2ccccc2)c2c1ccc1ccccc12)/Cc1ccccc1-n1c2ccccc2c2ccccc21. The molecule has 0 amide bonds. The van der Waals surface area contributed by atoms with Crippen LogP contribution < -0.4 is 0 Å². The molecular formula is C45H31N. The molecule has 0 saturated carbocycles. The van der Waals surface area contributed by atoms with Crippen molar-refractivity contribution in [1.82, 2.24) is 4.57 Å². The molecule has 1 heterocycles. The highest BCUT2D eigenvalue weighted by Crippen LogP contribution is 2.43. The molecule has 46 heavy (non-hydrogen) atoms. The summed E-state index contributed by atoms with van der Waals surface area (Å²) in [6.45, 7) is 0. The molecule has 0 bridgehead atoms. The van der Waals surface area contributed by atoms with E-state index in [2.05, 4.69) is 181 Å². The average Bonchev–Trinajstić information content (AvgIpc) is 3.46. The van der Waals surface area contributed by atoms with Crippen molar-refractivity contribution >= 4 is 60.2 Å². The van der Waals surface area contributed by atoms with Crippen LogP contribution in [0.1, 0.15) is 11.1 Å². The van der Waals surface area contributed by atoms with Crippen LogP contribution in [0, 0.1) is 0 Å². The fourth-order valence-corrected chi connectivity index (χ4v) is 7.45. The second-order valence-electron chi connectivity index (χ2n) is 12.0. The van der Waals surface area contributed by atoms with Gasteiger partial charge in [0.25, 0.3) is 0 Å². The monoisotopic (exact) mass is 585 g/mol. The van der Waals surface area contributed by atoms with Crippen molar-refractivity contribution in [1.29, 1.82) is 0 Å². The lowest BCUT2D eigenvalue weighted by Crippen LogP contribution is -1.99. The first kappa shape index (κ1) is 26.5. The molecular weight excluding hydrogens is 555 g/mol. The molecule has 0 spiro atoms. The smallest absolute Gasteiger partial charge is 0.0541 e. The van der Waals surface area contributed by atoms with E-state index in [4.69, 9.17) is 0 Å². The predicted octanol–water partition coefficient (Wildman–Crippen LogP) is 12.2. The van der Waals surface area contributed by atoms with Crippen molar-refractivity contribution in [2.24, 2.45) is 0 Å². The summed E-state index contributed by atoms with van der Waals surface area (Å²) < 4.78 is 2.43. The van der Waals surface area contributed by atoms with Gasteiger partial charge in [-0.3, -0.25) is 0 Å². The van der Waals surface area contributed by atoms with Gasteiger partial charge in [-0.15, -0.1) is 0 Å².